The minimum absolute atomic E-state index is 0.0661. The van der Waals surface area contributed by atoms with E-state index >= 15 is 0 Å². The number of carbonyl (C=O) groups is 3. The third-order valence-electron chi connectivity index (χ3n) is 6.46. The van der Waals surface area contributed by atoms with Crippen LogP contribution >= 0.6 is 0 Å². The molecule has 3 amide bonds. The van der Waals surface area contributed by atoms with Crippen molar-refractivity contribution in [3.05, 3.63) is 29.3 Å². The summed E-state index contributed by atoms with van der Waals surface area (Å²) in [5.74, 6) is -1.16. The van der Waals surface area contributed by atoms with Crippen molar-refractivity contribution < 1.29 is 27.5 Å². The molecule has 11 heteroatoms. The number of rotatable bonds is 6. The van der Waals surface area contributed by atoms with Gasteiger partial charge in [0.1, 0.15) is 0 Å². The van der Waals surface area contributed by atoms with E-state index < -0.39 is 16.0 Å². The quantitative estimate of drug-likeness (QED) is 0.579. The molecule has 2 aliphatic heterocycles. The highest BCUT2D eigenvalue weighted by Crippen LogP contribution is 2.21. The first-order valence-corrected chi connectivity index (χ1v) is 13.4. The Labute approximate surface area is 201 Å². The lowest BCUT2D eigenvalue weighted by atomic mass is 9.97. The van der Waals surface area contributed by atoms with Gasteiger partial charge in [-0.05, 0) is 50.7 Å². The molecular weight excluding hydrogens is 460 g/mol. The van der Waals surface area contributed by atoms with E-state index in [0.29, 0.717) is 51.9 Å². The molecule has 2 fully saturated rings. The molecular formula is C23H34N4O6S. The SMILES string of the molecule is Cc1cccc(C)c1NC(=O)COC(=O)C1CCN(C(=O)NC2CCN(S(C)(=O)=O)CC2)CC1. The average molecular weight is 495 g/mol. The van der Waals surface area contributed by atoms with Crippen LogP contribution in [0.5, 0.6) is 0 Å². The molecule has 1 aromatic carbocycles. The molecule has 188 valence electrons. The molecule has 1 aromatic rings. The zero-order valence-corrected chi connectivity index (χ0v) is 20.8. The van der Waals surface area contributed by atoms with E-state index in [1.54, 1.807) is 4.90 Å². The van der Waals surface area contributed by atoms with Crippen LogP contribution in [0.1, 0.15) is 36.8 Å². The second-order valence-electron chi connectivity index (χ2n) is 9.07. The molecule has 0 unspecified atom stereocenters. The number of hydrogen-bond donors (Lipinski definition) is 2. The largest absolute Gasteiger partial charge is 0.455 e. The first kappa shape index (κ1) is 26.0. The van der Waals surface area contributed by atoms with Gasteiger partial charge in [0, 0.05) is 37.9 Å². The van der Waals surface area contributed by atoms with E-state index in [9.17, 15) is 22.8 Å². The van der Waals surface area contributed by atoms with Crippen LogP contribution in [-0.2, 0) is 24.3 Å². The van der Waals surface area contributed by atoms with Crippen LogP contribution < -0.4 is 10.6 Å². The number of nitrogens with zero attached hydrogens (tertiary/aromatic N) is 2. The highest BCUT2D eigenvalue weighted by molar-refractivity contribution is 7.88. The second-order valence-corrected chi connectivity index (χ2v) is 11.1. The smallest absolute Gasteiger partial charge is 0.317 e. The first-order chi connectivity index (χ1) is 16.0. The fraction of sp³-hybridized carbons (Fsp3) is 0.609. The molecule has 2 heterocycles. The Bertz CT molecular complexity index is 992. The number of para-hydroxylation sites is 1. The second kappa shape index (κ2) is 11.2. The van der Waals surface area contributed by atoms with Crippen molar-refractivity contribution in [1.29, 1.82) is 0 Å². The lowest BCUT2D eigenvalue weighted by Gasteiger charge is -2.34. The Kier molecular flexibility index (Phi) is 8.53. The molecule has 2 aliphatic rings. The van der Waals surface area contributed by atoms with Crippen molar-refractivity contribution in [2.75, 3.05) is 44.4 Å². The van der Waals surface area contributed by atoms with Gasteiger partial charge in [-0.3, -0.25) is 9.59 Å². The van der Waals surface area contributed by atoms with E-state index in [-0.39, 0.29) is 30.5 Å². The lowest BCUT2D eigenvalue weighted by Crippen LogP contribution is -2.52. The normalized spacial score (nSPS) is 18.4. The van der Waals surface area contributed by atoms with Gasteiger partial charge < -0.3 is 20.3 Å². The van der Waals surface area contributed by atoms with Crippen molar-refractivity contribution >= 4 is 33.6 Å². The van der Waals surface area contributed by atoms with Crippen LogP contribution in [0.4, 0.5) is 10.5 Å². The number of esters is 1. The van der Waals surface area contributed by atoms with Gasteiger partial charge >= 0.3 is 12.0 Å². The number of piperidine rings is 2. The van der Waals surface area contributed by atoms with E-state index in [1.165, 1.54) is 10.6 Å². The molecule has 0 saturated carbocycles. The number of amides is 3. The molecule has 0 bridgehead atoms. The van der Waals surface area contributed by atoms with Gasteiger partial charge in [-0.15, -0.1) is 0 Å². The van der Waals surface area contributed by atoms with Crippen molar-refractivity contribution in [2.24, 2.45) is 5.92 Å². The summed E-state index contributed by atoms with van der Waals surface area (Å²) >= 11 is 0. The zero-order valence-electron chi connectivity index (χ0n) is 20.0. The Morgan fingerprint density at radius 2 is 1.59 bits per heavy atom. The molecule has 3 rings (SSSR count). The van der Waals surface area contributed by atoms with Gasteiger partial charge in [0.2, 0.25) is 10.0 Å². The zero-order chi connectivity index (χ0) is 24.9. The van der Waals surface area contributed by atoms with E-state index in [1.807, 2.05) is 32.0 Å². The fourth-order valence-electron chi connectivity index (χ4n) is 4.36. The number of sulfonamides is 1. The topological polar surface area (TPSA) is 125 Å². The van der Waals surface area contributed by atoms with Gasteiger partial charge in [-0.1, -0.05) is 18.2 Å². The summed E-state index contributed by atoms with van der Waals surface area (Å²) < 4.78 is 29.9. The van der Waals surface area contributed by atoms with Crippen molar-refractivity contribution in [2.45, 2.75) is 45.6 Å². The summed E-state index contributed by atoms with van der Waals surface area (Å²) in [5, 5.41) is 5.77. The summed E-state index contributed by atoms with van der Waals surface area (Å²) in [7, 11) is -3.20. The Morgan fingerprint density at radius 1 is 1.00 bits per heavy atom. The van der Waals surface area contributed by atoms with Crippen LogP contribution in [0.3, 0.4) is 0 Å². The van der Waals surface area contributed by atoms with Crippen molar-refractivity contribution in [3.63, 3.8) is 0 Å². The number of ether oxygens (including phenoxy) is 1. The third-order valence-corrected chi connectivity index (χ3v) is 7.76. The number of likely N-dealkylation sites (tertiary alicyclic amines) is 1. The summed E-state index contributed by atoms with van der Waals surface area (Å²) in [5.41, 5.74) is 2.60. The first-order valence-electron chi connectivity index (χ1n) is 11.6. The monoisotopic (exact) mass is 494 g/mol. The average Bonchev–Trinajstić information content (AvgIpc) is 2.80. The number of urea groups is 1. The van der Waals surface area contributed by atoms with Gasteiger partial charge in [0.05, 0.1) is 12.2 Å². The minimum atomic E-state index is -3.20. The summed E-state index contributed by atoms with van der Waals surface area (Å²) in [6, 6.07) is 5.45. The predicted octanol–water partition coefficient (Wildman–Crippen LogP) is 1.63. The van der Waals surface area contributed by atoms with Crippen LogP contribution in [0, 0.1) is 19.8 Å². The Balaban J connectivity index is 1.37. The Morgan fingerprint density at radius 3 is 2.15 bits per heavy atom. The summed E-state index contributed by atoms with van der Waals surface area (Å²) in [6.45, 7) is 5.09. The van der Waals surface area contributed by atoms with Crippen molar-refractivity contribution in [1.82, 2.24) is 14.5 Å². The van der Waals surface area contributed by atoms with E-state index in [0.717, 1.165) is 16.8 Å². The van der Waals surface area contributed by atoms with Crippen LogP contribution in [0.2, 0.25) is 0 Å². The molecule has 0 aliphatic carbocycles. The third kappa shape index (κ3) is 6.92. The summed E-state index contributed by atoms with van der Waals surface area (Å²) in [4.78, 5) is 38.9. The number of benzene rings is 1. The fourth-order valence-corrected chi connectivity index (χ4v) is 5.23. The van der Waals surface area contributed by atoms with Gasteiger partial charge in [-0.2, -0.15) is 0 Å². The van der Waals surface area contributed by atoms with E-state index in [4.69, 9.17) is 4.74 Å². The molecule has 0 spiro atoms. The maximum atomic E-state index is 12.6. The number of aryl methyl sites for hydroxylation is 2. The molecule has 2 saturated heterocycles. The molecule has 34 heavy (non-hydrogen) atoms. The maximum absolute atomic E-state index is 12.6. The highest BCUT2D eigenvalue weighted by Gasteiger charge is 2.31. The van der Waals surface area contributed by atoms with Crippen LogP contribution in [-0.4, -0.2) is 80.6 Å². The maximum Gasteiger partial charge on any atom is 0.317 e. The predicted molar refractivity (Wildman–Crippen MR) is 128 cm³/mol. The molecule has 0 atom stereocenters. The van der Waals surface area contributed by atoms with Crippen LogP contribution in [0.15, 0.2) is 18.2 Å². The number of hydrogen-bond acceptors (Lipinski definition) is 6. The highest BCUT2D eigenvalue weighted by atomic mass is 32.2. The number of anilines is 1. The number of nitrogens with one attached hydrogen (secondary N) is 2. The lowest BCUT2D eigenvalue weighted by molar-refractivity contribution is -0.152. The molecule has 0 aromatic heterocycles. The number of carbonyl (C=O) groups excluding carboxylic acids is 3. The van der Waals surface area contributed by atoms with Gasteiger partial charge in [-0.25, -0.2) is 17.5 Å². The standard InChI is InChI=1S/C23H34N4O6S/c1-16-5-4-6-17(2)21(16)25-20(28)15-33-22(29)18-7-11-26(12-8-18)23(30)24-19-9-13-27(14-10-19)34(3,31)32/h4-6,18-19H,7-15H2,1-3H3,(H,24,30)(H,25,28). The Hall–Kier alpha value is -2.66. The van der Waals surface area contributed by atoms with Gasteiger partial charge in [0.15, 0.2) is 6.61 Å². The van der Waals surface area contributed by atoms with Crippen molar-refractivity contribution in [3.8, 4) is 0 Å². The minimum Gasteiger partial charge on any atom is -0.455 e. The molecule has 10 nitrogen and oxygen atoms in total. The summed E-state index contributed by atoms with van der Waals surface area (Å²) in [6.07, 6.45) is 3.28. The van der Waals surface area contributed by atoms with Crippen LogP contribution in [0.25, 0.3) is 0 Å². The van der Waals surface area contributed by atoms with Gasteiger partial charge in [0.25, 0.3) is 5.91 Å². The molecule has 0 radical (unpaired) electrons. The molecule has 2 N–H and O–H groups in total. The van der Waals surface area contributed by atoms with E-state index in [2.05, 4.69) is 10.6 Å².